The predicted octanol–water partition coefficient (Wildman–Crippen LogP) is 3.00. The number of nitrogens with one attached hydrogen (secondary N) is 2. The smallest absolute Gasteiger partial charge is 0.170 e. The molecule has 0 aliphatic carbocycles. The van der Waals surface area contributed by atoms with Crippen LogP contribution < -0.4 is 10.6 Å². The van der Waals surface area contributed by atoms with E-state index in [0.29, 0.717) is 5.11 Å². The Bertz CT molecular complexity index is 407. The molecule has 0 fully saturated rings. The average Bonchev–Trinajstić information content (AvgIpc) is 2.28. The first-order valence-electron chi connectivity index (χ1n) is 5.95. The van der Waals surface area contributed by atoms with Crippen LogP contribution in [0.25, 0.3) is 0 Å². The van der Waals surface area contributed by atoms with Crippen molar-refractivity contribution < 1.29 is 0 Å². The maximum Gasteiger partial charge on any atom is 0.170 e. The Morgan fingerprint density at radius 2 is 2.11 bits per heavy atom. The molecule has 0 atom stereocenters. The zero-order valence-electron chi connectivity index (χ0n) is 11.1. The van der Waals surface area contributed by atoms with Crippen LogP contribution in [-0.4, -0.2) is 37.2 Å². The molecule has 0 bridgehead atoms. The van der Waals surface area contributed by atoms with E-state index in [1.54, 1.807) is 0 Å². The standard InChI is InChI=1S/C13H20BrN3S/c1-10-9-11(14)5-6-12(10)16-13(18)15-7-4-8-17(2)3/h5-6,9H,4,7-8H2,1-3H3,(H2,15,16,18). The number of hydrogen-bond acceptors (Lipinski definition) is 2. The van der Waals surface area contributed by atoms with E-state index in [-0.39, 0.29) is 0 Å². The fraction of sp³-hybridized carbons (Fsp3) is 0.462. The third-order valence-corrected chi connectivity index (χ3v) is 3.24. The van der Waals surface area contributed by atoms with Crippen molar-refractivity contribution in [2.45, 2.75) is 13.3 Å². The van der Waals surface area contributed by atoms with Crippen molar-refractivity contribution in [2.75, 3.05) is 32.5 Å². The van der Waals surface area contributed by atoms with Gasteiger partial charge >= 0.3 is 0 Å². The Labute approximate surface area is 123 Å². The van der Waals surface area contributed by atoms with Gasteiger partial charge in [-0.25, -0.2) is 0 Å². The molecular weight excluding hydrogens is 310 g/mol. The molecule has 0 aliphatic rings. The number of aryl methyl sites for hydroxylation is 1. The van der Waals surface area contributed by atoms with E-state index >= 15 is 0 Å². The predicted molar refractivity (Wildman–Crippen MR) is 86.3 cm³/mol. The Hall–Kier alpha value is -0.650. The lowest BCUT2D eigenvalue weighted by molar-refractivity contribution is 0.400. The van der Waals surface area contributed by atoms with Crippen molar-refractivity contribution in [3.05, 3.63) is 28.2 Å². The maximum atomic E-state index is 5.26. The summed E-state index contributed by atoms with van der Waals surface area (Å²) in [7, 11) is 4.14. The van der Waals surface area contributed by atoms with Gasteiger partial charge < -0.3 is 15.5 Å². The topological polar surface area (TPSA) is 27.3 Å². The zero-order valence-corrected chi connectivity index (χ0v) is 13.5. The molecule has 0 saturated heterocycles. The first-order chi connectivity index (χ1) is 8.49. The van der Waals surface area contributed by atoms with Gasteiger partial charge in [-0.05, 0) is 70.0 Å². The molecule has 0 aromatic heterocycles. The fourth-order valence-electron chi connectivity index (χ4n) is 1.53. The summed E-state index contributed by atoms with van der Waals surface area (Å²) in [5.74, 6) is 0. The molecule has 5 heteroatoms. The fourth-order valence-corrected chi connectivity index (χ4v) is 2.22. The van der Waals surface area contributed by atoms with Crippen LogP contribution in [0.3, 0.4) is 0 Å². The van der Waals surface area contributed by atoms with Gasteiger partial charge in [0.1, 0.15) is 0 Å². The summed E-state index contributed by atoms with van der Waals surface area (Å²) in [5.41, 5.74) is 2.21. The van der Waals surface area contributed by atoms with E-state index < -0.39 is 0 Å². The van der Waals surface area contributed by atoms with Gasteiger partial charge in [-0.2, -0.15) is 0 Å². The summed E-state index contributed by atoms with van der Waals surface area (Å²) in [5, 5.41) is 7.10. The highest BCUT2D eigenvalue weighted by molar-refractivity contribution is 9.10. The largest absolute Gasteiger partial charge is 0.362 e. The molecule has 0 amide bonds. The molecule has 0 saturated carbocycles. The lowest BCUT2D eigenvalue weighted by atomic mass is 10.2. The number of thiocarbonyl (C=S) groups is 1. The molecule has 1 aromatic rings. The SMILES string of the molecule is Cc1cc(Br)ccc1NC(=S)NCCCN(C)C. The molecule has 100 valence electrons. The van der Waals surface area contributed by atoms with Crippen molar-refractivity contribution in [3.63, 3.8) is 0 Å². The number of halogens is 1. The van der Waals surface area contributed by atoms with Gasteiger partial charge in [0.25, 0.3) is 0 Å². The van der Waals surface area contributed by atoms with Crippen LogP contribution in [0.15, 0.2) is 22.7 Å². The van der Waals surface area contributed by atoms with Gasteiger partial charge in [-0.15, -0.1) is 0 Å². The second kappa shape index (κ2) is 7.71. The third-order valence-electron chi connectivity index (χ3n) is 2.50. The minimum Gasteiger partial charge on any atom is -0.362 e. The van der Waals surface area contributed by atoms with Crippen molar-refractivity contribution in [1.82, 2.24) is 10.2 Å². The van der Waals surface area contributed by atoms with E-state index in [1.807, 2.05) is 12.1 Å². The van der Waals surface area contributed by atoms with Crippen LogP contribution in [0.5, 0.6) is 0 Å². The molecule has 2 N–H and O–H groups in total. The van der Waals surface area contributed by atoms with Gasteiger partial charge in [0.05, 0.1) is 0 Å². The number of rotatable bonds is 5. The van der Waals surface area contributed by atoms with Crippen molar-refractivity contribution >= 4 is 38.9 Å². The normalized spacial score (nSPS) is 10.5. The van der Waals surface area contributed by atoms with Gasteiger partial charge in [0.15, 0.2) is 5.11 Å². The van der Waals surface area contributed by atoms with Crippen LogP contribution in [0.2, 0.25) is 0 Å². The van der Waals surface area contributed by atoms with E-state index in [0.717, 1.165) is 29.7 Å². The van der Waals surface area contributed by atoms with Gasteiger partial charge in [0.2, 0.25) is 0 Å². The second-order valence-corrected chi connectivity index (χ2v) is 5.82. The van der Waals surface area contributed by atoms with Crippen molar-refractivity contribution in [3.8, 4) is 0 Å². The van der Waals surface area contributed by atoms with Gasteiger partial charge in [-0.1, -0.05) is 15.9 Å². The molecule has 0 aliphatic heterocycles. The summed E-state index contributed by atoms with van der Waals surface area (Å²) in [6, 6.07) is 6.09. The molecule has 0 unspecified atom stereocenters. The molecule has 0 radical (unpaired) electrons. The van der Waals surface area contributed by atoms with Crippen LogP contribution in [0, 0.1) is 6.92 Å². The first-order valence-corrected chi connectivity index (χ1v) is 7.15. The number of benzene rings is 1. The molecule has 1 rings (SSSR count). The summed E-state index contributed by atoms with van der Waals surface area (Å²) in [6.07, 6.45) is 1.08. The third kappa shape index (κ3) is 5.80. The number of hydrogen-bond donors (Lipinski definition) is 2. The van der Waals surface area contributed by atoms with Crippen LogP contribution in [0.4, 0.5) is 5.69 Å². The number of anilines is 1. The highest BCUT2D eigenvalue weighted by Gasteiger charge is 2.01. The summed E-state index contributed by atoms with van der Waals surface area (Å²) in [4.78, 5) is 2.16. The highest BCUT2D eigenvalue weighted by atomic mass is 79.9. The highest BCUT2D eigenvalue weighted by Crippen LogP contribution is 2.19. The van der Waals surface area contributed by atoms with E-state index in [2.05, 4.69) is 58.5 Å². The molecule has 0 spiro atoms. The minimum atomic E-state index is 0.680. The van der Waals surface area contributed by atoms with Crippen molar-refractivity contribution in [1.29, 1.82) is 0 Å². The quantitative estimate of drug-likeness (QED) is 0.641. The first kappa shape index (κ1) is 15.4. The molecule has 3 nitrogen and oxygen atoms in total. The van der Waals surface area contributed by atoms with Crippen LogP contribution in [-0.2, 0) is 0 Å². The summed E-state index contributed by atoms with van der Waals surface area (Å²) < 4.78 is 1.08. The lowest BCUT2D eigenvalue weighted by Crippen LogP contribution is -2.31. The monoisotopic (exact) mass is 329 g/mol. The summed E-state index contributed by atoms with van der Waals surface area (Å²) >= 11 is 8.71. The minimum absolute atomic E-state index is 0.680. The Morgan fingerprint density at radius 1 is 1.39 bits per heavy atom. The lowest BCUT2D eigenvalue weighted by Gasteiger charge is -2.14. The Morgan fingerprint density at radius 3 is 2.72 bits per heavy atom. The Kier molecular flexibility index (Phi) is 6.60. The van der Waals surface area contributed by atoms with Crippen molar-refractivity contribution in [2.24, 2.45) is 0 Å². The van der Waals surface area contributed by atoms with E-state index in [1.165, 1.54) is 5.56 Å². The van der Waals surface area contributed by atoms with Gasteiger partial charge in [0, 0.05) is 16.7 Å². The Balaban J connectivity index is 2.35. The molecule has 0 heterocycles. The summed E-state index contributed by atoms with van der Waals surface area (Å²) in [6.45, 7) is 4.01. The zero-order chi connectivity index (χ0) is 13.5. The van der Waals surface area contributed by atoms with Crippen LogP contribution in [0.1, 0.15) is 12.0 Å². The van der Waals surface area contributed by atoms with E-state index in [4.69, 9.17) is 12.2 Å². The second-order valence-electron chi connectivity index (χ2n) is 4.50. The van der Waals surface area contributed by atoms with Gasteiger partial charge in [-0.3, -0.25) is 0 Å². The molecule has 1 aromatic carbocycles. The van der Waals surface area contributed by atoms with Crippen LogP contribution >= 0.6 is 28.1 Å². The molecule has 18 heavy (non-hydrogen) atoms. The average molecular weight is 330 g/mol. The maximum absolute atomic E-state index is 5.26. The molecular formula is C13H20BrN3S. The van der Waals surface area contributed by atoms with E-state index in [9.17, 15) is 0 Å². The number of nitrogens with zero attached hydrogens (tertiary/aromatic N) is 1.